The Morgan fingerprint density at radius 1 is 0.797 bits per heavy atom. The van der Waals surface area contributed by atoms with E-state index in [1.54, 1.807) is 30.5 Å². The summed E-state index contributed by atoms with van der Waals surface area (Å²) in [6.45, 7) is 8.02. The predicted molar refractivity (Wildman–Crippen MR) is 217 cm³/mol. The van der Waals surface area contributed by atoms with Gasteiger partial charge < -0.3 is 24.9 Å². The largest absolute Gasteiger partial charge is 0.465 e. The number of aromatic nitrogens is 4. The maximum absolute atomic E-state index is 14.4. The van der Waals surface area contributed by atoms with Gasteiger partial charge in [-0.3, -0.25) is 19.4 Å². The molecule has 7 rings (SSSR count). The summed E-state index contributed by atoms with van der Waals surface area (Å²) in [6.07, 6.45) is -1.62. The summed E-state index contributed by atoms with van der Waals surface area (Å²) >= 11 is 0. The van der Waals surface area contributed by atoms with E-state index in [9.17, 15) is 32.7 Å². The molecule has 2 fully saturated rings. The number of H-pyrrole nitrogens is 2. The van der Waals surface area contributed by atoms with Crippen LogP contribution in [0.2, 0.25) is 0 Å². The van der Waals surface area contributed by atoms with Gasteiger partial charge in [0.2, 0.25) is 11.8 Å². The van der Waals surface area contributed by atoms with E-state index in [4.69, 9.17) is 4.98 Å². The number of likely N-dealkylation sites (tertiary alicyclic amines) is 2. The van der Waals surface area contributed by atoms with Crippen LogP contribution in [0.1, 0.15) is 87.5 Å². The standard InChI is InChI=1S/C44H49F3N8O4/c1-5-53(6-2)37(32-12-8-7-9-13-32)42(57)55-25-10-14-34(55)39-48-26-33(49-39)30-20-16-28(17-21-30)29-18-22-31(23-19-29)36-38(44(45,46)47)51-40(50-36)35-15-11-24-54(35)41(56)27(3)52(4)43(58)59/h7-9,12-13,16-23,26-27,34-35,37H,5-6,10-11,14-15,24-25H2,1-4H3,(H,48,49)(H,50,51)(H,58,59)/t27-,34-,35-,37+/m0/s1. The average Bonchev–Trinajstić information content (AvgIpc) is 4.08. The smallest absolute Gasteiger partial charge is 0.433 e. The van der Waals surface area contributed by atoms with Gasteiger partial charge in [0, 0.05) is 25.7 Å². The molecule has 15 heteroatoms. The minimum absolute atomic E-state index is 0.00762. The number of carboxylic acid groups (broad SMARTS) is 1. The second kappa shape index (κ2) is 17.1. The summed E-state index contributed by atoms with van der Waals surface area (Å²) in [5.74, 6) is 0.322. The van der Waals surface area contributed by atoms with Gasteiger partial charge in [0.1, 0.15) is 35.1 Å². The zero-order valence-corrected chi connectivity index (χ0v) is 33.5. The zero-order chi connectivity index (χ0) is 42.0. The number of nitrogens with zero attached hydrogens (tertiary/aromatic N) is 6. The molecule has 310 valence electrons. The van der Waals surface area contributed by atoms with Gasteiger partial charge >= 0.3 is 12.3 Å². The summed E-state index contributed by atoms with van der Waals surface area (Å²) in [6, 6.07) is 22.1. The van der Waals surface area contributed by atoms with Crippen molar-refractivity contribution in [1.82, 2.24) is 39.5 Å². The van der Waals surface area contributed by atoms with E-state index in [0.29, 0.717) is 19.4 Å². The van der Waals surface area contributed by atoms with Gasteiger partial charge in [-0.1, -0.05) is 92.7 Å². The van der Waals surface area contributed by atoms with Crippen molar-refractivity contribution in [3.8, 4) is 33.6 Å². The molecule has 0 unspecified atom stereocenters. The van der Waals surface area contributed by atoms with E-state index >= 15 is 0 Å². The third-order valence-electron chi connectivity index (χ3n) is 11.8. The first kappa shape index (κ1) is 41.2. The molecule has 4 heterocycles. The first-order valence-electron chi connectivity index (χ1n) is 20.1. The van der Waals surface area contributed by atoms with E-state index in [1.165, 1.54) is 18.9 Å². The quantitative estimate of drug-likeness (QED) is 0.115. The highest BCUT2D eigenvalue weighted by molar-refractivity contribution is 5.86. The minimum atomic E-state index is -4.74. The lowest BCUT2D eigenvalue weighted by Gasteiger charge is -2.34. The van der Waals surface area contributed by atoms with Gasteiger partial charge in [-0.2, -0.15) is 13.2 Å². The molecule has 0 radical (unpaired) electrons. The number of nitrogens with one attached hydrogen (secondary N) is 2. The number of carbonyl (C=O) groups excluding carboxylic acids is 2. The molecule has 2 aromatic heterocycles. The van der Waals surface area contributed by atoms with Gasteiger partial charge in [0.05, 0.1) is 24.0 Å². The molecule has 0 bridgehead atoms. The molecule has 3 amide bonds. The number of benzene rings is 3. The molecular weight excluding hydrogens is 762 g/mol. The lowest BCUT2D eigenvalue weighted by Crippen LogP contribution is -2.47. The number of alkyl halides is 3. The first-order chi connectivity index (χ1) is 28.3. The third-order valence-corrected chi connectivity index (χ3v) is 11.8. The van der Waals surface area contributed by atoms with Crippen LogP contribution in [0.4, 0.5) is 18.0 Å². The molecule has 0 aliphatic carbocycles. The topological polar surface area (TPSA) is 142 Å². The average molecular weight is 811 g/mol. The second-order valence-corrected chi connectivity index (χ2v) is 15.2. The fraction of sp³-hybridized carbons (Fsp3) is 0.386. The van der Waals surface area contributed by atoms with E-state index in [-0.39, 0.29) is 41.6 Å². The number of rotatable bonds is 12. The van der Waals surface area contributed by atoms with Crippen molar-refractivity contribution >= 4 is 17.9 Å². The molecule has 59 heavy (non-hydrogen) atoms. The lowest BCUT2D eigenvalue weighted by atomic mass is 10.0. The Bertz CT molecular complexity index is 2250. The summed E-state index contributed by atoms with van der Waals surface area (Å²) in [5.41, 5.74) is 3.30. The molecule has 5 aromatic rings. The van der Waals surface area contributed by atoms with Crippen molar-refractivity contribution in [2.75, 3.05) is 33.2 Å². The summed E-state index contributed by atoms with van der Waals surface area (Å²) in [5, 5.41) is 9.35. The summed E-state index contributed by atoms with van der Waals surface area (Å²) < 4.78 is 43.1. The maximum atomic E-state index is 14.4. The highest BCUT2D eigenvalue weighted by atomic mass is 19.4. The van der Waals surface area contributed by atoms with Gasteiger partial charge in [0.15, 0.2) is 0 Å². The number of hydrogen-bond acceptors (Lipinski definition) is 6. The Morgan fingerprint density at radius 2 is 1.34 bits per heavy atom. The lowest BCUT2D eigenvalue weighted by molar-refractivity contribution is -0.140. The molecule has 3 N–H and O–H groups in total. The number of hydrogen-bond donors (Lipinski definition) is 3. The van der Waals surface area contributed by atoms with Crippen LogP contribution in [0.5, 0.6) is 0 Å². The Morgan fingerprint density at radius 3 is 1.90 bits per heavy atom. The van der Waals surface area contributed by atoms with Gasteiger partial charge in [-0.25, -0.2) is 14.8 Å². The molecule has 0 spiro atoms. The predicted octanol–water partition coefficient (Wildman–Crippen LogP) is 8.56. The van der Waals surface area contributed by atoms with Crippen molar-refractivity contribution in [1.29, 1.82) is 0 Å². The molecule has 2 saturated heterocycles. The second-order valence-electron chi connectivity index (χ2n) is 15.2. The first-order valence-corrected chi connectivity index (χ1v) is 20.1. The number of amides is 3. The van der Waals surface area contributed by atoms with Crippen molar-refractivity contribution < 1.29 is 32.7 Å². The number of carbonyl (C=O) groups is 3. The van der Waals surface area contributed by atoms with E-state index in [2.05, 4.69) is 33.7 Å². The molecule has 2 aliphatic rings. The highest BCUT2D eigenvalue weighted by Gasteiger charge is 2.42. The monoisotopic (exact) mass is 810 g/mol. The van der Waals surface area contributed by atoms with Crippen LogP contribution in [0.15, 0.2) is 85.1 Å². The van der Waals surface area contributed by atoms with Gasteiger partial charge in [0.25, 0.3) is 0 Å². The fourth-order valence-corrected chi connectivity index (χ4v) is 8.37. The Balaban J connectivity index is 1.07. The molecule has 3 aromatic carbocycles. The summed E-state index contributed by atoms with van der Waals surface area (Å²) in [7, 11) is 1.28. The highest BCUT2D eigenvalue weighted by Crippen LogP contribution is 2.40. The fourth-order valence-electron chi connectivity index (χ4n) is 8.37. The van der Waals surface area contributed by atoms with Crippen molar-refractivity contribution in [2.45, 2.75) is 76.8 Å². The van der Waals surface area contributed by atoms with Gasteiger partial charge in [-0.05, 0) is 68.0 Å². The zero-order valence-electron chi connectivity index (χ0n) is 33.5. The maximum Gasteiger partial charge on any atom is 0.433 e. The van der Waals surface area contributed by atoms with E-state index in [1.807, 2.05) is 59.5 Å². The van der Waals surface area contributed by atoms with Crippen LogP contribution in [-0.4, -0.2) is 102 Å². The molecular formula is C44H49F3N8O4. The van der Waals surface area contributed by atoms with Crippen LogP contribution in [0, 0.1) is 0 Å². The van der Waals surface area contributed by atoms with E-state index in [0.717, 1.165) is 64.6 Å². The van der Waals surface area contributed by atoms with Crippen LogP contribution in [0.3, 0.4) is 0 Å². The Labute approximate surface area is 341 Å². The van der Waals surface area contributed by atoms with Crippen molar-refractivity contribution in [3.63, 3.8) is 0 Å². The Kier molecular flexibility index (Phi) is 11.9. The van der Waals surface area contributed by atoms with E-state index < -0.39 is 36.0 Å². The van der Waals surface area contributed by atoms with Crippen molar-refractivity contribution in [3.05, 3.63) is 108 Å². The molecule has 12 nitrogen and oxygen atoms in total. The van der Waals surface area contributed by atoms with Crippen LogP contribution in [-0.2, 0) is 15.8 Å². The van der Waals surface area contributed by atoms with Gasteiger partial charge in [-0.15, -0.1) is 0 Å². The van der Waals surface area contributed by atoms with Crippen molar-refractivity contribution in [2.24, 2.45) is 0 Å². The minimum Gasteiger partial charge on any atom is -0.465 e. The Hall–Kier alpha value is -5.96. The number of likely N-dealkylation sites (N-methyl/N-ethyl adjacent to an activating group) is 2. The van der Waals surface area contributed by atoms with Crippen LogP contribution < -0.4 is 0 Å². The van der Waals surface area contributed by atoms with Crippen LogP contribution >= 0.6 is 0 Å². The SMILES string of the molecule is CCN(CC)[C@@H](C(=O)N1CCC[C@H]1c1ncc(-c2ccc(-c3ccc(-c4nc([C@@H]5CCCN5C(=O)[C@H](C)N(C)C(=O)O)[nH]c4C(F)(F)F)cc3)cc2)[nH]1)c1ccccc1. The number of halogens is 3. The number of imidazole rings is 2. The van der Waals surface area contributed by atoms with Crippen LogP contribution in [0.25, 0.3) is 33.6 Å². The molecule has 2 aliphatic heterocycles. The molecule has 0 saturated carbocycles. The molecule has 4 atom stereocenters. The third kappa shape index (κ3) is 8.33. The normalized spacial score (nSPS) is 18.0. The number of aromatic amines is 2. The summed E-state index contributed by atoms with van der Waals surface area (Å²) in [4.78, 5) is 60.4.